The summed E-state index contributed by atoms with van der Waals surface area (Å²) in [4.78, 5) is 36.6. The van der Waals surface area contributed by atoms with Gasteiger partial charge >= 0.3 is 5.97 Å². The average molecular weight is 506 g/mol. The SMILES string of the molecule is CCOc1ccc(C(=O)NCC(=O)N/N=C/c2ccc(OC(=O)c3ccc(OC)c(OC)c3)cc2)cc1. The van der Waals surface area contributed by atoms with Crippen molar-refractivity contribution in [3.05, 3.63) is 83.4 Å². The first kappa shape index (κ1) is 26.7. The maximum absolute atomic E-state index is 12.4. The summed E-state index contributed by atoms with van der Waals surface area (Å²) in [6.07, 6.45) is 1.42. The van der Waals surface area contributed by atoms with Gasteiger partial charge in [0.25, 0.3) is 11.8 Å². The van der Waals surface area contributed by atoms with Crippen molar-refractivity contribution in [2.24, 2.45) is 5.10 Å². The van der Waals surface area contributed by atoms with E-state index in [1.165, 1.54) is 26.5 Å². The number of nitrogens with one attached hydrogen (secondary N) is 2. The fourth-order valence-electron chi connectivity index (χ4n) is 3.10. The summed E-state index contributed by atoms with van der Waals surface area (Å²) in [6, 6.07) is 17.9. The molecule has 3 aromatic rings. The van der Waals surface area contributed by atoms with E-state index >= 15 is 0 Å². The van der Waals surface area contributed by atoms with Crippen LogP contribution in [0.5, 0.6) is 23.0 Å². The van der Waals surface area contributed by atoms with E-state index in [1.54, 1.807) is 60.7 Å². The van der Waals surface area contributed by atoms with Crippen LogP contribution in [0.15, 0.2) is 71.8 Å². The smallest absolute Gasteiger partial charge is 0.343 e. The summed E-state index contributed by atoms with van der Waals surface area (Å²) < 4.78 is 21.1. The van der Waals surface area contributed by atoms with Crippen molar-refractivity contribution in [3.8, 4) is 23.0 Å². The molecule has 0 saturated carbocycles. The quantitative estimate of drug-likeness (QED) is 0.177. The van der Waals surface area contributed by atoms with Crippen LogP contribution in [0.2, 0.25) is 0 Å². The fraction of sp³-hybridized carbons (Fsp3) is 0.185. The van der Waals surface area contributed by atoms with Crippen molar-refractivity contribution >= 4 is 24.0 Å². The Labute approximate surface area is 214 Å². The molecule has 0 bridgehead atoms. The lowest BCUT2D eigenvalue weighted by atomic mass is 10.2. The molecule has 2 N–H and O–H groups in total. The number of carbonyl (C=O) groups excluding carboxylic acids is 3. The van der Waals surface area contributed by atoms with Crippen LogP contribution in [0.25, 0.3) is 0 Å². The average Bonchev–Trinajstić information content (AvgIpc) is 2.92. The second kappa shape index (κ2) is 13.3. The number of rotatable bonds is 11. The lowest BCUT2D eigenvalue weighted by Crippen LogP contribution is -2.34. The van der Waals surface area contributed by atoms with Crippen molar-refractivity contribution < 1.29 is 33.3 Å². The van der Waals surface area contributed by atoms with E-state index in [4.69, 9.17) is 18.9 Å². The van der Waals surface area contributed by atoms with Gasteiger partial charge < -0.3 is 24.3 Å². The highest BCUT2D eigenvalue weighted by Gasteiger charge is 2.13. The Morgan fingerprint density at radius 3 is 2.14 bits per heavy atom. The van der Waals surface area contributed by atoms with Gasteiger partial charge in [0.2, 0.25) is 0 Å². The van der Waals surface area contributed by atoms with E-state index in [2.05, 4.69) is 15.8 Å². The number of esters is 1. The van der Waals surface area contributed by atoms with Crippen LogP contribution in [-0.2, 0) is 4.79 Å². The van der Waals surface area contributed by atoms with Gasteiger partial charge in [-0.3, -0.25) is 9.59 Å². The number of benzene rings is 3. The topological polar surface area (TPSA) is 125 Å². The van der Waals surface area contributed by atoms with Crippen LogP contribution in [0.1, 0.15) is 33.2 Å². The first-order valence-electron chi connectivity index (χ1n) is 11.3. The molecule has 10 heteroatoms. The molecule has 0 radical (unpaired) electrons. The van der Waals surface area contributed by atoms with E-state index in [0.717, 1.165) is 0 Å². The molecule has 0 unspecified atom stereocenters. The van der Waals surface area contributed by atoms with Gasteiger partial charge in [-0.15, -0.1) is 0 Å². The Morgan fingerprint density at radius 2 is 1.49 bits per heavy atom. The third-order valence-electron chi connectivity index (χ3n) is 4.95. The van der Waals surface area contributed by atoms with E-state index < -0.39 is 11.9 Å². The lowest BCUT2D eigenvalue weighted by molar-refractivity contribution is -0.120. The van der Waals surface area contributed by atoms with Crippen molar-refractivity contribution in [2.45, 2.75) is 6.92 Å². The molecule has 37 heavy (non-hydrogen) atoms. The Hall–Kier alpha value is -4.86. The molecule has 0 aliphatic carbocycles. The van der Waals surface area contributed by atoms with Gasteiger partial charge in [-0.05, 0) is 79.2 Å². The molecule has 10 nitrogen and oxygen atoms in total. The zero-order chi connectivity index (χ0) is 26.6. The standard InChI is InChI=1S/C27H27N3O7/c1-4-36-21-12-7-19(8-13-21)26(32)28-17-25(31)30-29-16-18-5-10-22(11-6-18)37-27(33)20-9-14-23(34-2)24(15-20)35-3/h5-16H,4,17H2,1-3H3,(H,28,32)(H,30,31)/b29-16+. The molecule has 0 aliphatic rings. The molecule has 0 fully saturated rings. The summed E-state index contributed by atoms with van der Waals surface area (Å²) in [6.45, 7) is 2.16. The first-order chi connectivity index (χ1) is 17.9. The third-order valence-corrected chi connectivity index (χ3v) is 4.95. The van der Waals surface area contributed by atoms with Crippen LogP contribution in [0, 0.1) is 0 Å². The maximum atomic E-state index is 12.4. The summed E-state index contributed by atoms with van der Waals surface area (Å²) in [5, 5.41) is 6.39. The molecule has 0 heterocycles. The molecule has 3 aromatic carbocycles. The molecule has 0 saturated heterocycles. The number of amides is 2. The van der Waals surface area contributed by atoms with Crippen LogP contribution < -0.4 is 29.7 Å². The van der Waals surface area contributed by atoms with E-state index in [0.29, 0.717) is 46.3 Å². The number of hydrazone groups is 1. The largest absolute Gasteiger partial charge is 0.494 e. The highest BCUT2D eigenvalue weighted by Crippen LogP contribution is 2.28. The Balaban J connectivity index is 1.45. The molecule has 0 spiro atoms. The van der Waals surface area contributed by atoms with Crippen LogP contribution in [-0.4, -0.2) is 51.4 Å². The molecule has 0 atom stereocenters. The number of hydrogen-bond acceptors (Lipinski definition) is 8. The van der Waals surface area contributed by atoms with Crippen molar-refractivity contribution in [1.82, 2.24) is 10.7 Å². The molecule has 3 rings (SSSR count). The van der Waals surface area contributed by atoms with Gasteiger partial charge in [0.1, 0.15) is 11.5 Å². The maximum Gasteiger partial charge on any atom is 0.343 e. The summed E-state index contributed by atoms with van der Waals surface area (Å²) in [5.74, 6) is 0.484. The zero-order valence-corrected chi connectivity index (χ0v) is 20.6. The third kappa shape index (κ3) is 7.82. The van der Waals surface area contributed by atoms with Gasteiger partial charge in [-0.1, -0.05) is 0 Å². The van der Waals surface area contributed by atoms with Crippen LogP contribution in [0.4, 0.5) is 0 Å². The number of carbonyl (C=O) groups is 3. The number of nitrogens with zero attached hydrogens (tertiary/aromatic N) is 1. The Kier molecular flexibility index (Phi) is 9.60. The number of hydrogen-bond donors (Lipinski definition) is 2. The minimum absolute atomic E-state index is 0.242. The summed E-state index contributed by atoms with van der Waals surface area (Å²) >= 11 is 0. The zero-order valence-electron chi connectivity index (χ0n) is 20.6. The minimum Gasteiger partial charge on any atom is -0.494 e. The summed E-state index contributed by atoms with van der Waals surface area (Å²) in [5.41, 5.74) is 3.71. The van der Waals surface area contributed by atoms with Crippen molar-refractivity contribution in [1.29, 1.82) is 0 Å². The monoisotopic (exact) mass is 505 g/mol. The van der Waals surface area contributed by atoms with Gasteiger partial charge in [0, 0.05) is 5.56 Å². The van der Waals surface area contributed by atoms with Crippen LogP contribution in [0.3, 0.4) is 0 Å². The second-order valence-electron chi connectivity index (χ2n) is 7.46. The second-order valence-corrected chi connectivity index (χ2v) is 7.46. The van der Waals surface area contributed by atoms with E-state index in [1.807, 2.05) is 6.92 Å². The van der Waals surface area contributed by atoms with Gasteiger partial charge in [-0.2, -0.15) is 5.10 Å². The number of ether oxygens (including phenoxy) is 4. The predicted molar refractivity (Wildman–Crippen MR) is 137 cm³/mol. The van der Waals surface area contributed by atoms with Gasteiger partial charge in [-0.25, -0.2) is 10.2 Å². The molecule has 192 valence electrons. The van der Waals surface area contributed by atoms with Crippen LogP contribution >= 0.6 is 0 Å². The Bertz CT molecular complexity index is 1260. The summed E-state index contributed by atoms with van der Waals surface area (Å²) in [7, 11) is 2.99. The predicted octanol–water partition coefficient (Wildman–Crippen LogP) is 3.20. The van der Waals surface area contributed by atoms with Gasteiger partial charge in [0.05, 0.1) is 39.1 Å². The molecule has 0 aromatic heterocycles. The number of methoxy groups -OCH3 is 2. The highest BCUT2D eigenvalue weighted by atomic mass is 16.5. The van der Waals surface area contributed by atoms with E-state index in [-0.39, 0.29) is 12.5 Å². The molecular weight excluding hydrogens is 478 g/mol. The highest BCUT2D eigenvalue weighted by molar-refractivity contribution is 5.96. The first-order valence-corrected chi connectivity index (χ1v) is 11.3. The van der Waals surface area contributed by atoms with E-state index in [9.17, 15) is 14.4 Å². The molecule has 0 aliphatic heterocycles. The van der Waals surface area contributed by atoms with Gasteiger partial charge in [0.15, 0.2) is 11.5 Å². The normalized spacial score (nSPS) is 10.5. The Morgan fingerprint density at radius 1 is 0.838 bits per heavy atom. The lowest BCUT2D eigenvalue weighted by Gasteiger charge is -2.09. The molecule has 2 amide bonds. The molecular formula is C27H27N3O7. The fourth-order valence-corrected chi connectivity index (χ4v) is 3.10. The van der Waals surface area contributed by atoms with Crippen molar-refractivity contribution in [2.75, 3.05) is 27.4 Å². The van der Waals surface area contributed by atoms with Crippen molar-refractivity contribution in [3.63, 3.8) is 0 Å². The minimum atomic E-state index is -0.554.